The number of hydrazine groups is 1. The summed E-state index contributed by atoms with van der Waals surface area (Å²) in [6.45, 7) is 0. The van der Waals surface area contributed by atoms with Crippen molar-refractivity contribution in [3.8, 4) is 0 Å². The van der Waals surface area contributed by atoms with Crippen molar-refractivity contribution in [1.29, 1.82) is 0 Å². The van der Waals surface area contributed by atoms with Gasteiger partial charge >= 0.3 is 0 Å². The van der Waals surface area contributed by atoms with Crippen LogP contribution in [0.15, 0.2) is 60.7 Å². The smallest absolute Gasteiger partial charge is 0.144 e. The molecule has 0 spiro atoms. The van der Waals surface area contributed by atoms with Crippen LogP contribution in [0.2, 0.25) is 0 Å². The molecule has 0 bridgehead atoms. The molecular formula is C17H17N3S. The van der Waals surface area contributed by atoms with E-state index in [9.17, 15) is 0 Å². The van der Waals surface area contributed by atoms with E-state index in [4.69, 9.17) is 5.84 Å². The lowest BCUT2D eigenvalue weighted by atomic mass is 10.1. The normalized spacial score (nSPS) is 10.7. The Kier molecular flexibility index (Phi) is 4.38. The molecule has 3 nitrogen and oxygen atoms in total. The Hall–Kier alpha value is -2.04. The van der Waals surface area contributed by atoms with Crippen LogP contribution in [0.25, 0.3) is 10.9 Å². The third-order valence-electron chi connectivity index (χ3n) is 3.31. The van der Waals surface area contributed by atoms with Crippen LogP contribution in [0, 0.1) is 0 Å². The van der Waals surface area contributed by atoms with Crippen LogP contribution >= 0.6 is 11.8 Å². The van der Waals surface area contributed by atoms with Gasteiger partial charge in [0.05, 0.1) is 5.52 Å². The molecule has 3 rings (SSSR count). The molecule has 4 heteroatoms. The fourth-order valence-corrected chi connectivity index (χ4v) is 3.22. The van der Waals surface area contributed by atoms with Gasteiger partial charge in [0.1, 0.15) is 5.82 Å². The van der Waals surface area contributed by atoms with Crippen molar-refractivity contribution in [2.45, 2.75) is 11.5 Å². The summed E-state index contributed by atoms with van der Waals surface area (Å²) >= 11 is 1.86. The van der Waals surface area contributed by atoms with Crippen molar-refractivity contribution in [2.24, 2.45) is 5.84 Å². The lowest BCUT2D eigenvalue weighted by molar-refractivity contribution is 1.21. The summed E-state index contributed by atoms with van der Waals surface area (Å²) in [4.78, 5) is 4.57. The summed E-state index contributed by atoms with van der Waals surface area (Å²) in [7, 11) is 0. The highest BCUT2D eigenvalue weighted by molar-refractivity contribution is 7.97. The number of hydrogen-bond acceptors (Lipinski definition) is 4. The van der Waals surface area contributed by atoms with E-state index in [-0.39, 0.29) is 0 Å². The second-order valence-electron chi connectivity index (χ2n) is 4.81. The summed E-state index contributed by atoms with van der Waals surface area (Å²) in [5, 5.41) is 1.15. The SMILES string of the molecule is NNc1nc2ccccc2cc1CSCc1ccccc1. The van der Waals surface area contributed by atoms with Crippen LogP contribution in [0.5, 0.6) is 0 Å². The van der Waals surface area contributed by atoms with E-state index >= 15 is 0 Å². The van der Waals surface area contributed by atoms with Crippen LogP contribution in [-0.2, 0) is 11.5 Å². The number of benzene rings is 2. The molecule has 0 amide bonds. The summed E-state index contributed by atoms with van der Waals surface area (Å²) < 4.78 is 0. The van der Waals surface area contributed by atoms with Gasteiger partial charge in [0, 0.05) is 22.5 Å². The lowest BCUT2D eigenvalue weighted by Gasteiger charge is -2.10. The standard InChI is InChI=1S/C17H17N3S/c18-20-17-15(10-14-8-4-5-9-16(14)19-17)12-21-11-13-6-2-1-3-7-13/h1-10H,11-12,18H2,(H,19,20). The van der Waals surface area contributed by atoms with Gasteiger partial charge in [0.25, 0.3) is 0 Å². The maximum Gasteiger partial charge on any atom is 0.144 e. The van der Waals surface area contributed by atoms with Crippen LogP contribution in [-0.4, -0.2) is 4.98 Å². The quantitative estimate of drug-likeness (QED) is 0.552. The third kappa shape index (κ3) is 3.35. The highest BCUT2D eigenvalue weighted by Crippen LogP contribution is 2.25. The minimum Gasteiger partial charge on any atom is -0.308 e. The lowest BCUT2D eigenvalue weighted by Crippen LogP contribution is -2.11. The van der Waals surface area contributed by atoms with Gasteiger partial charge < -0.3 is 5.43 Å². The monoisotopic (exact) mass is 295 g/mol. The Bertz CT molecular complexity index is 728. The van der Waals surface area contributed by atoms with Crippen molar-refractivity contribution in [3.63, 3.8) is 0 Å². The Balaban J connectivity index is 1.76. The van der Waals surface area contributed by atoms with Gasteiger partial charge in [0.15, 0.2) is 0 Å². The Morgan fingerprint density at radius 1 is 0.952 bits per heavy atom. The molecule has 1 aromatic heterocycles. The number of hydrogen-bond donors (Lipinski definition) is 2. The molecule has 3 N–H and O–H groups in total. The molecule has 0 radical (unpaired) electrons. The Morgan fingerprint density at radius 3 is 2.52 bits per heavy atom. The van der Waals surface area contributed by atoms with Crippen LogP contribution in [0.4, 0.5) is 5.82 Å². The second-order valence-corrected chi connectivity index (χ2v) is 5.80. The highest BCUT2D eigenvalue weighted by atomic mass is 32.2. The van der Waals surface area contributed by atoms with Gasteiger partial charge in [-0.25, -0.2) is 10.8 Å². The summed E-state index contributed by atoms with van der Waals surface area (Å²) in [5.74, 6) is 8.23. The molecule has 0 aliphatic carbocycles. The number of nitrogens with one attached hydrogen (secondary N) is 1. The number of pyridine rings is 1. The van der Waals surface area contributed by atoms with E-state index in [2.05, 4.69) is 46.8 Å². The molecule has 0 unspecified atom stereocenters. The van der Waals surface area contributed by atoms with E-state index < -0.39 is 0 Å². The van der Waals surface area contributed by atoms with E-state index in [0.29, 0.717) is 0 Å². The Morgan fingerprint density at radius 2 is 1.71 bits per heavy atom. The fraction of sp³-hybridized carbons (Fsp3) is 0.118. The van der Waals surface area contributed by atoms with Gasteiger partial charge in [-0.3, -0.25) is 0 Å². The molecule has 3 aromatic rings. The number of fused-ring (bicyclic) bond motifs is 1. The van der Waals surface area contributed by atoms with Crippen LogP contribution < -0.4 is 11.3 Å². The minimum absolute atomic E-state index is 0.759. The molecule has 0 saturated heterocycles. The molecule has 2 aromatic carbocycles. The zero-order valence-electron chi connectivity index (χ0n) is 11.6. The number of rotatable bonds is 5. The van der Waals surface area contributed by atoms with Gasteiger partial charge in [-0.05, 0) is 17.7 Å². The summed E-state index contributed by atoms with van der Waals surface area (Å²) in [6.07, 6.45) is 0. The minimum atomic E-state index is 0.759. The van der Waals surface area contributed by atoms with Crippen LogP contribution in [0.1, 0.15) is 11.1 Å². The number of thioether (sulfide) groups is 1. The number of para-hydroxylation sites is 1. The molecular weight excluding hydrogens is 278 g/mol. The average molecular weight is 295 g/mol. The van der Waals surface area contributed by atoms with E-state index in [1.165, 1.54) is 5.56 Å². The highest BCUT2D eigenvalue weighted by Gasteiger charge is 2.06. The molecule has 0 aliphatic rings. The molecule has 0 aliphatic heterocycles. The van der Waals surface area contributed by atoms with Gasteiger partial charge in [-0.15, -0.1) is 0 Å². The van der Waals surface area contributed by atoms with Crippen molar-refractivity contribution >= 4 is 28.5 Å². The Labute approximate surface area is 128 Å². The number of nitrogens with two attached hydrogens (primary N) is 1. The van der Waals surface area contributed by atoms with Crippen molar-refractivity contribution in [2.75, 3.05) is 5.43 Å². The van der Waals surface area contributed by atoms with Crippen LogP contribution in [0.3, 0.4) is 0 Å². The second kappa shape index (κ2) is 6.61. The molecule has 0 fully saturated rings. The predicted octanol–water partition coefficient (Wildman–Crippen LogP) is 3.95. The first-order valence-electron chi connectivity index (χ1n) is 6.84. The van der Waals surface area contributed by atoms with E-state index in [0.717, 1.165) is 33.8 Å². The maximum absolute atomic E-state index is 5.60. The van der Waals surface area contributed by atoms with Crippen molar-refractivity contribution < 1.29 is 0 Å². The van der Waals surface area contributed by atoms with Crippen molar-refractivity contribution in [3.05, 3.63) is 71.8 Å². The first-order valence-corrected chi connectivity index (χ1v) is 7.99. The van der Waals surface area contributed by atoms with Gasteiger partial charge in [0.2, 0.25) is 0 Å². The number of nitrogen functional groups attached to an aromatic ring is 1. The summed E-state index contributed by atoms with van der Waals surface area (Å²) in [5.41, 5.74) is 6.14. The number of aromatic nitrogens is 1. The largest absolute Gasteiger partial charge is 0.308 e. The molecule has 106 valence electrons. The third-order valence-corrected chi connectivity index (χ3v) is 4.36. The molecule has 1 heterocycles. The zero-order valence-corrected chi connectivity index (χ0v) is 12.4. The van der Waals surface area contributed by atoms with Crippen molar-refractivity contribution in [1.82, 2.24) is 4.98 Å². The zero-order chi connectivity index (χ0) is 14.5. The van der Waals surface area contributed by atoms with E-state index in [1.807, 2.05) is 36.0 Å². The molecule has 0 saturated carbocycles. The first-order chi connectivity index (χ1) is 10.4. The first kappa shape index (κ1) is 13.9. The topological polar surface area (TPSA) is 50.9 Å². The van der Waals surface area contributed by atoms with E-state index in [1.54, 1.807) is 0 Å². The van der Waals surface area contributed by atoms with Gasteiger partial charge in [-0.2, -0.15) is 11.8 Å². The summed E-state index contributed by atoms with van der Waals surface area (Å²) in [6, 6.07) is 20.7. The predicted molar refractivity (Wildman–Crippen MR) is 91.0 cm³/mol. The fourth-order valence-electron chi connectivity index (χ4n) is 2.25. The maximum atomic E-state index is 5.60. The number of nitrogens with zero attached hydrogens (tertiary/aromatic N) is 1. The number of anilines is 1. The average Bonchev–Trinajstić information content (AvgIpc) is 2.55. The molecule has 0 atom stereocenters. The molecule has 21 heavy (non-hydrogen) atoms. The van der Waals surface area contributed by atoms with Gasteiger partial charge in [-0.1, -0.05) is 48.5 Å².